The molecule has 0 spiro atoms. The number of rotatable bonds is 3. The van der Waals surface area contributed by atoms with Crippen LogP contribution in [-0.4, -0.2) is 54.5 Å². The average Bonchev–Trinajstić information content (AvgIpc) is 2.41. The third-order valence-corrected chi connectivity index (χ3v) is 4.72. The third kappa shape index (κ3) is 2.63. The highest BCUT2D eigenvalue weighted by atomic mass is 32.2. The van der Waals surface area contributed by atoms with E-state index >= 15 is 0 Å². The number of hydrogen-bond donors (Lipinski definition) is 1. The summed E-state index contributed by atoms with van der Waals surface area (Å²) in [7, 11) is 0. The third-order valence-electron chi connectivity index (χ3n) is 3.68. The molecular weight excluding hydrogens is 260 g/mol. The standard InChI is InChI=1S/C14H18N2O2S/c17-10-11-7-15(8-11)9-14(18)16-5-6-19-13-4-2-1-3-12(13)16/h1-4,11,17H,5-10H2. The molecule has 0 saturated carbocycles. The number of para-hydroxylation sites is 1. The van der Waals surface area contributed by atoms with Gasteiger partial charge in [-0.15, -0.1) is 11.8 Å². The summed E-state index contributed by atoms with van der Waals surface area (Å²) in [4.78, 5) is 17.6. The molecule has 1 aromatic rings. The second-order valence-electron chi connectivity index (χ2n) is 5.10. The fraction of sp³-hybridized carbons (Fsp3) is 0.500. The zero-order valence-electron chi connectivity index (χ0n) is 10.8. The normalized spacial score (nSPS) is 19.9. The number of aliphatic hydroxyl groups is 1. The number of amides is 1. The van der Waals surface area contributed by atoms with Gasteiger partial charge in [-0.1, -0.05) is 12.1 Å². The minimum atomic E-state index is 0.170. The van der Waals surface area contributed by atoms with E-state index in [1.165, 1.54) is 4.90 Å². The highest BCUT2D eigenvalue weighted by Gasteiger charge is 2.30. The Bertz CT molecular complexity index is 474. The van der Waals surface area contributed by atoms with Crippen LogP contribution in [0.4, 0.5) is 5.69 Å². The summed E-state index contributed by atoms with van der Waals surface area (Å²) in [6, 6.07) is 8.09. The molecule has 5 heteroatoms. The summed E-state index contributed by atoms with van der Waals surface area (Å²) in [5.41, 5.74) is 1.04. The SMILES string of the molecule is O=C(CN1CC(CO)C1)N1CCSc2ccccc21. The van der Waals surface area contributed by atoms with Crippen molar-refractivity contribution in [1.82, 2.24) is 4.90 Å². The second kappa shape index (κ2) is 5.53. The predicted molar refractivity (Wildman–Crippen MR) is 76.5 cm³/mol. The molecule has 4 nitrogen and oxygen atoms in total. The van der Waals surface area contributed by atoms with E-state index in [0.29, 0.717) is 12.5 Å². The van der Waals surface area contributed by atoms with Gasteiger partial charge >= 0.3 is 0 Å². The average molecular weight is 278 g/mol. The number of anilines is 1. The van der Waals surface area contributed by atoms with E-state index in [4.69, 9.17) is 5.11 Å². The maximum atomic E-state index is 12.4. The number of hydrogen-bond acceptors (Lipinski definition) is 4. The van der Waals surface area contributed by atoms with Gasteiger partial charge in [-0.2, -0.15) is 0 Å². The Morgan fingerprint density at radius 3 is 2.95 bits per heavy atom. The zero-order chi connectivity index (χ0) is 13.2. The van der Waals surface area contributed by atoms with Crippen LogP contribution in [0.15, 0.2) is 29.2 Å². The van der Waals surface area contributed by atoms with Crippen molar-refractivity contribution in [3.63, 3.8) is 0 Å². The van der Waals surface area contributed by atoms with Crippen LogP contribution in [0, 0.1) is 5.92 Å². The fourth-order valence-corrected chi connectivity index (χ4v) is 3.62. The van der Waals surface area contributed by atoms with E-state index in [1.807, 2.05) is 34.9 Å². The number of carbonyl (C=O) groups excluding carboxylic acids is 1. The van der Waals surface area contributed by atoms with Gasteiger partial charge in [-0.3, -0.25) is 9.69 Å². The Kier molecular flexibility index (Phi) is 3.77. The van der Waals surface area contributed by atoms with E-state index in [-0.39, 0.29) is 12.5 Å². The molecule has 19 heavy (non-hydrogen) atoms. The lowest BCUT2D eigenvalue weighted by atomic mass is 10.0. The van der Waals surface area contributed by atoms with Crippen LogP contribution in [0.5, 0.6) is 0 Å². The van der Waals surface area contributed by atoms with Crippen molar-refractivity contribution in [2.75, 3.05) is 43.4 Å². The van der Waals surface area contributed by atoms with Crippen molar-refractivity contribution in [1.29, 1.82) is 0 Å². The van der Waals surface area contributed by atoms with Gasteiger partial charge in [0.05, 0.1) is 12.2 Å². The topological polar surface area (TPSA) is 43.8 Å². The van der Waals surface area contributed by atoms with Gasteiger partial charge in [-0.05, 0) is 12.1 Å². The highest BCUT2D eigenvalue weighted by molar-refractivity contribution is 7.99. The van der Waals surface area contributed by atoms with E-state index in [0.717, 1.165) is 31.1 Å². The van der Waals surface area contributed by atoms with Gasteiger partial charge in [-0.25, -0.2) is 0 Å². The molecule has 1 fully saturated rings. The van der Waals surface area contributed by atoms with Crippen LogP contribution in [-0.2, 0) is 4.79 Å². The van der Waals surface area contributed by atoms with Crippen LogP contribution in [0.25, 0.3) is 0 Å². The molecule has 0 aliphatic carbocycles. The van der Waals surface area contributed by atoms with Crippen molar-refractivity contribution in [3.8, 4) is 0 Å². The van der Waals surface area contributed by atoms with Gasteiger partial charge in [0.25, 0.3) is 0 Å². The summed E-state index contributed by atoms with van der Waals surface area (Å²) in [5.74, 6) is 1.49. The summed E-state index contributed by atoms with van der Waals surface area (Å²) in [5, 5.41) is 8.99. The minimum absolute atomic E-state index is 0.170. The van der Waals surface area contributed by atoms with E-state index in [2.05, 4.69) is 11.0 Å². The Hall–Kier alpha value is -1.04. The molecule has 0 radical (unpaired) electrons. The lowest BCUT2D eigenvalue weighted by molar-refractivity contribution is -0.121. The first kappa shape index (κ1) is 13.0. The monoisotopic (exact) mass is 278 g/mol. The molecular formula is C14H18N2O2S. The maximum absolute atomic E-state index is 12.4. The quantitative estimate of drug-likeness (QED) is 0.897. The molecule has 0 aromatic heterocycles. The van der Waals surface area contributed by atoms with Crippen LogP contribution < -0.4 is 4.90 Å². The minimum Gasteiger partial charge on any atom is -0.396 e. The van der Waals surface area contributed by atoms with Crippen molar-refractivity contribution < 1.29 is 9.90 Å². The number of likely N-dealkylation sites (tertiary alicyclic amines) is 1. The first-order valence-electron chi connectivity index (χ1n) is 6.63. The van der Waals surface area contributed by atoms with Gasteiger partial charge in [0, 0.05) is 42.8 Å². The molecule has 102 valence electrons. The molecule has 1 aromatic carbocycles. The fourth-order valence-electron chi connectivity index (χ4n) is 2.63. The second-order valence-corrected chi connectivity index (χ2v) is 6.24. The van der Waals surface area contributed by atoms with Crippen LogP contribution in [0.2, 0.25) is 0 Å². The molecule has 2 aliphatic heterocycles. The van der Waals surface area contributed by atoms with Crippen molar-refractivity contribution in [2.45, 2.75) is 4.90 Å². The van der Waals surface area contributed by atoms with E-state index < -0.39 is 0 Å². The van der Waals surface area contributed by atoms with E-state index in [1.54, 1.807) is 0 Å². The van der Waals surface area contributed by atoms with Crippen LogP contribution >= 0.6 is 11.8 Å². The summed E-state index contributed by atoms with van der Waals surface area (Å²) in [6.07, 6.45) is 0. The molecule has 0 bridgehead atoms. The molecule has 1 saturated heterocycles. The summed E-state index contributed by atoms with van der Waals surface area (Å²) < 4.78 is 0. The van der Waals surface area contributed by atoms with Crippen molar-refractivity contribution in [3.05, 3.63) is 24.3 Å². The molecule has 1 amide bonds. The Labute approximate surface area is 117 Å². The number of nitrogens with zero attached hydrogens (tertiary/aromatic N) is 2. The number of thioether (sulfide) groups is 1. The molecule has 1 N–H and O–H groups in total. The zero-order valence-corrected chi connectivity index (χ0v) is 11.6. The Morgan fingerprint density at radius 2 is 2.16 bits per heavy atom. The molecule has 2 heterocycles. The van der Waals surface area contributed by atoms with Gasteiger partial charge in [0.2, 0.25) is 5.91 Å². The van der Waals surface area contributed by atoms with Crippen LogP contribution in [0.3, 0.4) is 0 Å². The largest absolute Gasteiger partial charge is 0.396 e. The van der Waals surface area contributed by atoms with E-state index in [9.17, 15) is 4.79 Å². The summed E-state index contributed by atoms with van der Waals surface area (Å²) >= 11 is 1.81. The smallest absolute Gasteiger partial charge is 0.241 e. The summed E-state index contributed by atoms with van der Waals surface area (Å²) in [6.45, 7) is 3.17. The number of benzene rings is 1. The maximum Gasteiger partial charge on any atom is 0.241 e. The van der Waals surface area contributed by atoms with Crippen molar-refractivity contribution in [2.24, 2.45) is 5.92 Å². The molecule has 3 rings (SSSR count). The number of fused-ring (bicyclic) bond motifs is 1. The molecule has 0 unspecified atom stereocenters. The first-order valence-corrected chi connectivity index (χ1v) is 7.62. The van der Waals surface area contributed by atoms with Crippen molar-refractivity contribution >= 4 is 23.4 Å². The Balaban J connectivity index is 1.65. The molecule has 2 aliphatic rings. The highest BCUT2D eigenvalue weighted by Crippen LogP contribution is 2.34. The van der Waals surface area contributed by atoms with Gasteiger partial charge in [0.15, 0.2) is 0 Å². The van der Waals surface area contributed by atoms with Crippen LogP contribution in [0.1, 0.15) is 0 Å². The number of aliphatic hydroxyl groups excluding tert-OH is 1. The molecule has 0 atom stereocenters. The first-order chi connectivity index (χ1) is 9.28. The van der Waals surface area contributed by atoms with Gasteiger partial charge in [0.1, 0.15) is 0 Å². The lowest BCUT2D eigenvalue weighted by Crippen LogP contribution is -2.53. The van der Waals surface area contributed by atoms with Gasteiger partial charge < -0.3 is 10.0 Å². The predicted octanol–water partition coefficient (Wildman–Crippen LogP) is 1.05. The Morgan fingerprint density at radius 1 is 1.37 bits per heavy atom. The number of carbonyl (C=O) groups is 1. The lowest BCUT2D eigenvalue weighted by Gasteiger charge is -2.39.